The van der Waals surface area contributed by atoms with Gasteiger partial charge >= 0.3 is 5.97 Å². The van der Waals surface area contributed by atoms with Gasteiger partial charge in [-0.05, 0) is 30.7 Å². The van der Waals surface area contributed by atoms with Gasteiger partial charge in [0.2, 0.25) is 0 Å². The molecule has 152 valence electrons. The van der Waals surface area contributed by atoms with Gasteiger partial charge in [-0.15, -0.1) is 11.3 Å². The largest absolute Gasteiger partial charge is 0.493 e. The average molecular weight is 413 g/mol. The Hall–Kier alpha value is -3.06. The summed E-state index contributed by atoms with van der Waals surface area (Å²) in [6.45, 7) is 2.38. The Morgan fingerprint density at radius 3 is 2.52 bits per heavy atom. The molecular formula is C22H23NO5S. The van der Waals surface area contributed by atoms with Crippen molar-refractivity contribution in [3.05, 3.63) is 53.6 Å². The Labute approximate surface area is 173 Å². The minimum absolute atomic E-state index is 0.347. The van der Waals surface area contributed by atoms with E-state index in [1.165, 1.54) is 25.6 Å². The SMILES string of the molecule is CCCCOC(=O)c1c(NC(=O)c2ccc(OC)c(OC)c2)sc2ccccc12. The summed E-state index contributed by atoms with van der Waals surface area (Å²) in [5.41, 5.74) is 0.779. The van der Waals surface area contributed by atoms with E-state index in [0.29, 0.717) is 34.2 Å². The minimum Gasteiger partial charge on any atom is -0.493 e. The molecule has 0 saturated heterocycles. The van der Waals surface area contributed by atoms with Crippen molar-refractivity contribution in [3.63, 3.8) is 0 Å². The predicted octanol–water partition coefficient (Wildman–Crippen LogP) is 5.13. The van der Waals surface area contributed by atoms with E-state index in [0.717, 1.165) is 22.9 Å². The highest BCUT2D eigenvalue weighted by molar-refractivity contribution is 7.23. The molecule has 3 aromatic rings. The third-order valence-electron chi connectivity index (χ3n) is 4.40. The summed E-state index contributed by atoms with van der Waals surface area (Å²) in [4.78, 5) is 25.6. The molecule has 3 rings (SSSR count). The van der Waals surface area contributed by atoms with Gasteiger partial charge in [0.1, 0.15) is 10.6 Å². The molecule has 1 amide bonds. The first-order chi connectivity index (χ1) is 14.1. The van der Waals surface area contributed by atoms with E-state index in [9.17, 15) is 9.59 Å². The van der Waals surface area contributed by atoms with Crippen LogP contribution in [0.4, 0.5) is 5.00 Å². The van der Waals surface area contributed by atoms with Crippen LogP contribution in [0.5, 0.6) is 11.5 Å². The fraction of sp³-hybridized carbons (Fsp3) is 0.273. The molecule has 0 aliphatic carbocycles. The number of esters is 1. The second kappa shape index (κ2) is 9.43. The highest BCUT2D eigenvalue weighted by atomic mass is 32.1. The molecule has 2 aromatic carbocycles. The van der Waals surface area contributed by atoms with Gasteiger partial charge in [-0.25, -0.2) is 4.79 Å². The second-order valence-electron chi connectivity index (χ2n) is 6.32. The Morgan fingerprint density at radius 2 is 1.79 bits per heavy atom. The first-order valence-electron chi connectivity index (χ1n) is 9.31. The first-order valence-corrected chi connectivity index (χ1v) is 10.1. The quantitative estimate of drug-likeness (QED) is 0.409. The number of methoxy groups -OCH3 is 2. The molecule has 0 unspecified atom stereocenters. The molecule has 1 aromatic heterocycles. The Morgan fingerprint density at radius 1 is 1.03 bits per heavy atom. The molecular weight excluding hydrogens is 390 g/mol. The lowest BCUT2D eigenvalue weighted by Gasteiger charge is -2.10. The molecule has 0 spiro atoms. The van der Waals surface area contributed by atoms with Gasteiger partial charge in [0, 0.05) is 15.6 Å². The normalized spacial score (nSPS) is 10.6. The van der Waals surface area contributed by atoms with Crippen LogP contribution >= 0.6 is 11.3 Å². The van der Waals surface area contributed by atoms with Crippen molar-refractivity contribution in [2.75, 3.05) is 26.1 Å². The highest BCUT2D eigenvalue weighted by Crippen LogP contribution is 2.37. The summed E-state index contributed by atoms with van der Waals surface area (Å²) in [7, 11) is 3.04. The molecule has 0 aliphatic heterocycles. The van der Waals surface area contributed by atoms with Crippen molar-refractivity contribution in [2.24, 2.45) is 0 Å². The Bertz CT molecular complexity index is 1030. The van der Waals surface area contributed by atoms with Gasteiger partial charge in [-0.3, -0.25) is 4.79 Å². The van der Waals surface area contributed by atoms with Crippen molar-refractivity contribution in [1.29, 1.82) is 0 Å². The molecule has 1 heterocycles. The maximum absolute atomic E-state index is 12.8. The number of ether oxygens (including phenoxy) is 3. The fourth-order valence-corrected chi connectivity index (χ4v) is 3.96. The van der Waals surface area contributed by atoms with Crippen molar-refractivity contribution in [3.8, 4) is 11.5 Å². The van der Waals surface area contributed by atoms with Crippen LogP contribution in [-0.4, -0.2) is 32.7 Å². The van der Waals surface area contributed by atoms with Crippen LogP contribution in [0, 0.1) is 0 Å². The van der Waals surface area contributed by atoms with Crippen LogP contribution in [0.2, 0.25) is 0 Å². The molecule has 0 saturated carbocycles. The van der Waals surface area contributed by atoms with E-state index in [4.69, 9.17) is 14.2 Å². The topological polar surface area (TPSA) is 73.9 Å². The van der Waals surface area contributed by atoms with Crippen LogP contribution in [0.1, 0.15) is 40.5 Å². The number of anilines is 1. The van der Waals surface area contributed by atoms with E-state index in [1.807, 2.05) is 31.2 Å². The van der Waals surface area contributed by atoms with E-state index in [-0.39, 0.29) is 5.91 Å². The molecule has 0 bridgehead atoms. The van der Waals surface area contributed by atoms with E-state index >= 15 is 0 Å². The molecule has 1 N–H and O–H groups in total. The van der Waals surface area contributed by atoms with E-state index < -0.39 is 5.97 Å². The minimum atomic E-state index is -0.432. The second-order valence-corrected chi connectivity index (χ2v) is 7.37. The zero-order chi connectivity index (χ0) is 20.8. The lowest BCUT2D eigenvalue weighted by molar-refractivity contribution is 0.0503. The summed E-state index contributed by atoms with van der Waals surface area (Å²) >= 11 is 1.34. The number of thiophene rings is 1. The molecule has 0 fully saturated rings. The molecule has 7 heteroatoms. The third-order valence-corrected chi connectivity index (χ3v) is 5.49. The zero-order valence-electron chi connectivity index (χ0n) is 16.6. The number of nitrogens with one attached hydrogen (secondary N) is 1. The summed E-state index contributed by atoms with van der Waals surface area (Å²) < 4.78 is 16.8. The van der Waals surface area contributed by atoms with Crippen LogP contribution in [0.25, 0.3) is 10.1 Å². The van der Waals surface area contributed by atoms with Crippen molar-refractivity contribution in [1.82, 2.24) is 0 Å². The van der Waals surface area contributed by atoms with Crippen LogP contribution in [0.3, 0.4) is 0 Å². The number of carbonyl (C=O) groups excluding carboxylic acids is 2. The summed E-state index contributed by atoms with van der Waals surface area (Å²) in [6.07, 6.45) is 1.72. The maximum atomic E-state index is 12.8. The standard InChI is InChI=1S/C22H23NO5S/c1-4-5-12-28-22(25)19-15-8-6-7-9-18(15)29-21(19)23-20(24)14-10-11-16(26-2)17(13-14)27-3/h6-11,13H,4-5,12H2,1-3H3,(H,23,24). The first kappa shape index (κ1) is 20.7. The molecule has 6 nitrogen and oxygen atoms in total. The van der Waals surface area contributed by atoms with E-state index in [1.54, 1.807) is 18.2 Å². The number of fused-ring (bicyclic) bond motifs is 1. The molecule has 0 radical (unpaired) electrons. The smallest absolute Gasteiger partial charge is 0.341 e. The maximum Gasteiger partial charge on any atom is 0.341 e. The number of hydrogen-bond acceptors (Lipinski definition) is 6. The average Bonchev–Trinajstić information content (AvgIpc) is 3.11. The molecule has 0 atom stereocenters. The van der Waals surface area contributed by atoms with Crippen molar-refractivity contribution >= 4 is 38.3 Å². The summed E-state index contributed by atoms with van der Waals surface area (Å²) in [6, 6.07) is 12.4. The van der Waals surface area contributed by atoms with Crippen LogP contribution in [0.15, 0.2) is 42.5 Å². The van der Waals surface area contributed by atoms with Gasteiger partial charge in [0.15, 0.2) is 11.5 Å². The fourth-order valence-electron chi connectivity index (χ4n) is 2.87. The monoisotopic (exact) mass is 413 g/mol. The van der Waals surface area contributed by atoms with Gasteiger partial charge in [-0.1, -0.05) is 31.5 Å². The van der Waals surface area contributed by atoms with Gasteiger partial charge in [0.05, 0.1) is 20.8 Å². The van der Waals surface area contributed by atoms with Crippen LogP contribution < -0.4 is 14.8 Å². The zero-order valence-corrected chi connectivity index (χ0v) is 17.4. The molecule has 0 aliphatic rings. The number of unbranched alkanes of at least 4 members (excludes halogenated alkanes) is 1. The Balaban J connectivity index is 1.92. The van der Waals surface area contributed by atoms with Crippen molar-refractivity contribution < 1.29 is 23.8 Å². The number of hydrogen-bond donors (Lipinski definition) is 1. The van der Waals surface area contributed by atoms with Crippen LogP contribution in [-0.2, 0) is 4.74 Å². The third kappa shape index (κ3) is 4.51. The lowest BCUT2D eigenvalue weighted by Crippen LogP contribution is -2.15. The van der Waals surface area contributed by atoms with E-state index in [2.05, 4.69) is 5.32 Å². The highest BCUT2D eigenvalue weighted by Gasteiger charge is 2.22. The summed E-state index contributed by atoms with van der Waals surface area (Å²) in [5.74, 6) is 0.209. The molecule has 29 heavy (non-hydrogen) atoms. The number of rotatable bonds is 8. The van der Waals surface area contributed by atoms with Gasteiger partial charge < -0.3 is 19.5 Å². The predicted molar refractivity (Wildman–Crippen MR) is 115 cm³/mol. The Kier molecular flexibility index (Phi) is 6.72. The summed E-state index contributed by atoms with van der Waals surface area (Å²) in [5, 5.41) is 4.09. The van der Waals surface area contributed by atoms with Gasteiger partial charge in [-0.2, -0.15) is 0 Å². The lowest BCUT2D eigenvalue weighted by atomic mass is 10.1. The van der Waals surface area contributed by atoms with Gasteiger partial charge in [0.25, 0.3) is 5.91 Å². The number of amides is 1. The number of benzene rings is 2. The number of carbonyl (C=O) groups is 2. The van der Waals surface area contributed by atoms with Crippen molar-refractivity contribution in [2.45, 2.75) is 19.8 Å².